The van der Waals surface area contributed by atoms with E-state index in [0.717, 1.165) is 11.4 Å². The fourth-order valence-electron chi connectivity index (χ4n) is 1.16. The van der Waals surface area contributed by atoms with Crippen molar-refractivity contribution in [2.45, 2.75) is 26.8 Å². The lowest BCUT2D eigenvalue weighted by Gasteiger charge is -2.07. The van der Waals surface area contributed by atoms with E-state index < -0.39 is 0 Å². The minimum atomic E-state index is 0.529. The van der Waals surface area contributed by atoms with Crippen molar-refractivity contribution in [2.75, 3.05) is 0 Å². The predicted octanol–water partition coefficient (Wildman–Crippen LogP) is 0.0308. The van der Waals surface area contributed by atoms with Crippen LogP contribution in [0, 0.1) is 6.92 Å². The van der Waals surface area contributed by atoms with Crippen LogP contribution in [0.15, 0.2) is 6.20 Å². The Morgan fingerprint density at radius 3 is 2.40 bits per heavy atom. The van der Waals surface area contributed by atoms with Crippen LogP contribution in [0.2, 0.25) is 0 Å². The van der Waals surface area contributed by atoms with Crippen molar-refractivity contribution in [2.24, 2.45) is 0 Å². The Bertz CT molecular complexity index is 228. The van der Waals surface area contributed by atoms with Gasteiger partial charge >= 0.3 is 0 Å². The molecule has 54 valence electrons. The van der Waals surface area contributed by atoms with Crippen molar-refractivity contribution in [1.29, 1.82) is 0 Å². The molecular formula is C7H13BN2. The van der Waals surface area contributed by atoms with Gasteiger partial charge in [-0.1, -0.05) is 0 Å². The number of aryl methyl sites for hydroxylation is 1. The Hall–Kier alpha value is -0.725. The molecule has 0 atom stereocenters. The fraction of sp³-hybridized carbons (Fsp3) is 0.571. The molecule has 1 aromatic rings. The van der Waals surface area contributed by atoms with E-state index in [9.17, 15) is 0 Å². The van der Waals surface area contributed by atoms with Crippen molar-refractivity contribution in [3.63, 3.8) is 0 Å². The van der Waals surface area contributed by atoms with Gasteiger partial charge in [0.1, 0.15) is 5.82 Å². The van der Waals surface area contributed by atoms with Crippen molar-refractivity contribution in [3.8, 4) is 0 Å². The van der Waals surface area contributed by atoms with Crippen LogP contribution < -0.4 is 5.59 Å². The van der Waals surface area contributed by atoms with Crippen LogP contribution >= 0.6 is 0 Å². The monoisotopic (exact) mass is 136 g/mol. The predicted molar refractivity (Wildman–Crippen MR) is 45.5 cm³/mol. The maximum atomic E-state index is 4.30. The van der Waals surface area contributed by atoms with Gasteiger partial charge in [0.2, 0.25) is 0 Å². The normalized spacial score (nSPS) is 10.8. The van der Waals surface area contributed by atoms with E-state index in [2.05, 4.69) is 29.6 Å². The minimum absolute atomic E-state index is 0.529. The highest BCUT2D eigenvalue weighted by atomic mass is 15.1. The zero-order valence-electron chi connectivity index (χ0n) is 7.05. The SMILES string of the molecule is Bc1cn(C(C)C)c(C)n1. The molecular weight excluding hydrogens is 123 g/mol. The summed E-state index contributed by atoms with van der Waals surface area (Å²) in [5, 5.41) is 0. The molecule has 0 fully saturated rings. The summed E-state index contributed by atoms with van der Waals surface area (Å²) in [6.45, 7) is 6.36. The van der Waals surface area contributed by atoms with Gasteiger partial charge in [-0.3, -0.25) is 0 Å². The average Bonchev–Trinajstić information content (AvgIpc) is 2.10. The zero-order chi connectivity index (χ0) is 7.72. The van der Waals surface area contributed by atoms with Crippen molar-refractivity contribution in [3.05, 3.63) is 12.0 Å². The Morgan fingerprint density at radius 2 is 2.20 bits per heavy atom. The summed E-state index contributed by atoms with van der Waals surface area (Å²) in [6, 6.07) is 0.529. The van der Waals surface area contributed by atoms with E-state index in [1.54, 1.807) is 0 Å². The number of hydrogen-bond donors (Lipinski definition) is 0. The van der Waals surface area contributed by atoms with Crippen molar-refractivity contribution in [1.82, 2.24) is 9.55 Å². The smallest absolute Gasteiger partial charge is 0.166 e. The third-order valence-electron chi connectivity index (χ3n) is 1.59. The molecule has 1 rings (SSSR count). The van der Waals surface area contributed by atoms with E-state index in [-0.39, 0.29) is 0 Å². The van der Waals surface area contributed by atoms with Crippen LogP contribution in [-0.4, -0.2) is 17.4 Å². The first-order valence-corrected chi connectivity index (χ1v) is 3.63. The maximum absolute atomic E-state index is 4.30. The molecule has 0 aliphatic heterocycles. The highest BCUT2D eigenvalue weighted by Crippen LogP contribution is 2.04. The summed E-state index contributed by atoms with van der Waals surface area (Å²) in [7, 11) is 2.02. The summed E-state index contributed by atoms with van der Waals surface area (Å²) in [5.74, 6) is 1.10. The Morgan fingerprint density at radius 1 is 1.60 bits per heavy atom. The lowest BCUT2D eigenvalue weighted by atomic mass is 10.1. The van der Waals surface area contributed by atoms with Gasteiger partial charge in [0, 0.05) is 17.8 Å². The van der Waals surface area contributed by atoms with Crippen LogP contribution in [0.3, 0.4) is 0 Å². The van der Waals surface area contributed by atoms with Crippen LogP contribution in [0.5, 0.6) is 0 Å². The van der Waals surface area contributed by atoms with Gasteiger partial charge in [-0.05, 0) is 20.8 Å². The van der Waals surface area contributed by atoms with Gasteiger partial charge in [0.05, 0.1) is 0 Å². The Labute approximate surface area is 62.7 Å². The molecule has 0 saturated carbocycles. The molecule has 1 aromatic heterocycles. The summed E-state index contributed by atoms with van der Waals surface area (Å²) < 4.78 is 2.18. The molecule has 0 bridgehead atoms. The molecule has 0 amide bonds. The van der Waals surface area contributed by atoms with Crippen LogP contribution in [0.25, 0.3) is 0 Å². The van der Waals surface area contributed by atoms with E-state index in [1.807, 2.05) is 14.8 Å². The summed E-state index contributed by atoms with van der Waals surface area (Å²) >= 11 is 0. The first-order chi connectivity index (χ1) is 4.61. The lowest BCUT2D eigenvalue weighted by molar-refractivity contribution is 0.583. The van der Waals surface area contributed by atoms with Crippen LogP contribution in [0.1, 0.15) is 25.7 Å². The quantitative estimate of drug-likeness (QED) is 0.498. The standard InChI is InChI=1S/C7H13BN2/c1-5(2)10-4-7(8)9-6(10)3/h4-5H,8H2,1-3H3. The molecule has 3 heteroatoms. The summed E-state index contributed by atoms with van der Waals surface area (Å²) in [6.07, 6.45) is 2.08. The second-order valence-corrected chi connectivity index (χ2v) is 2.93. The topological polar surface area (TPSA) is 17.8 Å². The van der Waals surface area contributed by atoms with E-state index in [1.165, 1.54) is 0 Å². The van der Waals surface area contributed by atoms with Crippen molar-refractivity contribution < 1.29 is 0 Å². The molecule has 1 heterocycles. The first-order valence-electron chi connectivity index (χ1n) is 3.63. The van der Waals surface area contributed by atoms with Gasteiger partial charge in [0.25, 0.3) is 0 Å². The molecule has 10 heavy (non-hydrogen) atoms. The van der Waals surface area contributed by atoms with Gasteiger partial charge in [0.15, 0.2) is 7.85 Å². The van der Waals surface area contributed by atoms with Gasteiger partial charge in [-0.2, -0.15) is 0 Å². The second-order valence-electron chi connectivity index (χ2n) is 2.93. The number of rotatable bonds is 1. The van der Waals surface area contributed by atoms with Gasteiger partial charge in [-0.25, -0.2) is 4.98 Å². The number of nitrogens with zero attached hydrogens (tertiary/aromatic N) is 2. The summed E-state index contributed by atoms with van der Waals surface area (Å²) in [4.78, 5) is 4.30. The molecule has 0 aliphatic rings. The summed E-state index contributed by atoms with van der Waals surface area (Å²) in [5.41, 5.74) is 1.10. The number of imidazole rings is 1. The van der Waals surface area contributed by atoms with E-state index >= 15 is 0 Å². The highest BCUT2D eigenvalue weighted by molar-refractivity contribution is 6.30. The zero-order valence-corrected chi connectivity index (χ0v) is 7.05. The maximum Gasteiger partial charge on any atom is 0.166 e. The Balaban J connectivity index is 3.03. The van der Waals surface area contributed by atoms with E-state index in [4.69, 9.17) is 0 Å². The highest BCUT2D eigenvalue weighted by Gasteiger charge is 2.01. The average molecular weight is 136 g/mol. The molecule has 0 saturated heterocycles. The first kappa shape index (κ1) is 7.38. The molecule has 2 nitrogen and oxygen atoms in total. The molecule has 0 radical (unpaired) electrons. The van der Waals surface area contributed by atoms with Crippen LogP contribution in [-0.2, 0) is 0 Å². The van der Waals surface area contributed by atoms with Gasteiger partial charge < -0.3 is 4.57 Å². The molecule has 0 aliphatic carbocycles. The largest absolute Gasteiger partial charge is 0.333 e. The van der Waals surface area contributed by atoms with Gasteiger partial charge in [-0.15, -0.1) is 0 Å². The fourth-order valence-corrected chi connectivity index (χ4v) is 1.16. The molecule has 0 aromatic carbocycles. The van der Waals surface area contributed by atoms with Crippen LogP contribution in [0.4, 0.5) is 0 Å². The number of aromatic nitrogens is 2. The number of hydrogen-bond acceptors (Lipinski definition) is 1. The third-order valence-corrected chi connectivity index (χ3v) is 1.59. The molecule has 0 unspecified atom stereocenters. The minimum Gasteiger partial charge on any atom is -0.333 e. The second kappa shape index (κ2) is 2.49. The Kier molecular flexibility index (Phi) is 1.83. The van der Waals surface area contributed by atoms with E-state index in [0.29, 0.717) is 6.04 Å². The molecule has 0 spiro atoms. The third kappa shape index (κ3) is 1.23. The van der Waals surface area contributed by atoms with Crippen molar-refractivity contribution >= 4 is 13.4 Å². The lowest BCUT2D eigenvalue weighted by Crippen LogP contribution is -2.02. The molecule has 0 N–H and O–H groups in total.